The van der Waals surface area contributed by atoms with Crippen molar-refractivity contribution in [2.24, 2.45) is 0 Å². The number of benzene rings is 1. The number of aromatic nitrogens is 2. The van der Waals surface area contributed by atoms with Crippen LogP contribution in [0.3, 0.4) is 0 Å². The Balaban J connectivity index is 2.29. The van der Waals surface area contributed by atoms with Crippen molar-refractivity contribution >= 4 is 11.9 Å². The fraction of sp³-hybridized carbons (Fsp3) is 0.154. The average molecular weight is 259 g/mol. The SMILES string of the molecule is CC(=O)NC(C(=O)O)c1cnn(-c2ccccc2)c1. The van der Waals surface area contributed by atoms with Gasteiger partial charge in [0.05, 0.1) is 11.9 Å². The van der Waals surface area contributed by atoms with Crippen molar-refractivity contribution in [2.45, 2.75) is 13.0 Å². The van der Waals surface area contributed by atoms with Crippen LogP contribution in [0.4, 0.5) is 0 Å². The number of hydrogen-bond acceptors (Lipinski definition) is 3. The molecule has 1 atom stereocenters. The molecule has 1 unspecified atom stereocenters. The third-order valence-electron chi connectivity index (χ3n) is 2.55. The number of amides is 1. The van der Waals surface area contributed by atoms with Crippen molar-refractivity contribution in [3.8, 4) is 5.69 Å². The molecule has 1 heterocycles. The van der Waals surface area contributed by atoms with E-state index in [-0.39, 0.29) is 0 Å². The fourth-order valence-corrected chi connectivity index (χ4v) is 1.70. The van der Waals surface area contributed by atoms with E-state index in [9.17, 15) is 9.59 Å². The highest BCUT2D eigenvalue weighted by atomic mass is 16.4. The second kappa shape index (κ2) is 5.34. The van der Waals surface area contributed by atoms with E-state index in [2.05, 4.69) is 10.4 Å². The molecule has 0 saturated heterocycles. The quantitative estimate of drug-likeness (QED) is 0.862. The van der Waals surface area contributed by atoms with Gasteiger partial charge in [-0.1, -0.05) is 18.2 Å². The average Bonchev–Trinajstić information content (AvgIpc) is 2.86. The van der Waals surface area contributed by atoms with Crippen LogP contribution >= 0.6 is 0 Å². The predicted octanol–water partition coefficient (Wildman–Crippen LogP) is 1.13. The van der Waals surface area contributed by atoms with E-state index in [1.54, 1.807) is 10.9 Å². The molecule has 1 aromatic carbocycles. The van der Waals surface area contributed by atoms with Gasteiger partial charge in [0.1, 0.15) is 0 Å². The molecule has 0 aliphatic carbocycles. The molecule has 0 radical (unpaired) electrons. The first-order chi connectivity index (χ1) is 9.08. The summed E-state index contributed by atoms with van der Waals surface area (Å²) in [5.41, 5.74) is 1.24. The zero-order valence-electron chi connectivity index (χ0n) is 10.3. The Morgan fingerprint density at radius 1 is 1.32 bits per heavy atom. The molecule has 2 rings (SSSR count). The predicted molar refractivity (Wildman–Crippen MR) is 67.8 cm³/mol. The molecule has 0 bridgehead atoms. The molecule has 0 aliphatic heterocycles. The molecule has 6 nitrogen and oxygen atoms in total. The van der Waals surface area contributed by atoms with Gasteiger partial charge in [0.2, 0.25) is 5.91 Å². The number of aliphatic carboxylic acids is 1. The van der Waals surface area contributed by atoms with Gasteiger partial charge < -0.3 is 10.4 Å². The van der Waals surface area contributed by atoms with Crippen LogP contribution in [-0.4, -0.2) is 26.8 Å². The molecule has 0 aliphatic rings. The summed E-state index contributed by atoms with van der Waals surface area (Å²) in [7, 11) is 0. The fourth-order valence-electron chi connectivity index (χ4n) is 1.70. The van der Waals surface area contributed by atoms with Crippen LogP contribution in [-0.2, 0) is 9.59 Å². The highest BCUT2D eigenvalue weighted by Crippen LogP contribution is 2.15. The number of carboxylic acids is 1. The molecular weight excluding hydrogens is 246 g/mol. The first kappa shape index (κ1) is 12.8. The first-order valence-corrected chi connectivity index (χ1v) is 5.68. The zero-order chi connectivity index (χ0) is 13.8. The van der Waals surface area contributed by atoms with Gasteiger partial charge >= 0.3 is 5.97 Å². The van der Waals surface area contributed by atoms with E-state index >= 15 is 0 Å². The second-order valence-electron chi connectivity index (χ2n) is 4.03. The Morgan fingerprint density at radius 2 is 2.00 bits per heavy atom. The molecule has 0 spiro atoms. The van der Waals surface area contributed by atoms with E-state index in [0.29, 0.717) is 5.56 Å². The Bertz CT molecular complexity index is 592. The van der Waals surface area contributed by atoms with Gasteiger partial charge in [-0.05, 0) is 12.1 Å². The second-order valence-corrected chi connectivity index (χ2v) is 4.03. The number of carboxylic acid groups (broad SMARTS) is 1. The summed E-state index contributed by atoms with van der Waals surface area (Å²) in [6.45, 7) is 1.28. The lowest BCUT2D eigenvalue weighted by atomic mass is 10.1. The number of carbonyl (C=O) groups excluding carboxylic acids is 1. The standard InChI is InChI=1S/C13H13N3O3/c1-9(17)15-12(13(18)19)10-7-14-16(8-10)11-5-3-2-4-6-11/h2-8,12H,1H3,(H,15,17)(H,18,19). The Kier molecular flexibility index (Phi) is 3.61. The molecule has 19 heavy (non-hydrogen) atoms. The van der Waals surface area contributed by atoms with Crippen molar-refractivity contribution < 1.29 is 14.7 Å². The lowest BCUT2D eigenvalue weighted by Gasteiger charge is -2.10. The van der Waals surface area contributed by atoms with Crippen molar-refractivity contribution in [3.05, 3.63) is 48.3 Å². The normalized spacial score (nSPS) is 11.8. The molecule has 0 saturated carbocycles. The van der Waals surface area contributed by atoms with Crippen LogP contribution in [0.25, 0.3) is 5.69 Å². The Morgan fingerprint density at radius 3 is 2.58 bits per heavy atom. The van der Waals surface area contributed by atoms with Crippen molar-refractivity contribution in [1.82, 2.24) is 15.1 Å². The van der Waals surface area contributed by atoms with Crippen LogP contribution in [0.2, 0.25) is 0 Å². The lowest BCUT2D eigenvalue weighted by Crippen LogP contribution is -2.31. The van der Waals surface area contributed by atoms with Crippen LogP contribution < -0.4 is 5.32 Å². The molecule has 2 aromatic rings. The smallest absolute Gasteiger partial charge is 0.331 e. The van der Waals surface area contributed by atoms with E-state index in [1.807, 2.05) is 30.3 Å². The van der Waals surface area contributed by atoms with Crippen molar-refractivity contribution in [2.75, 3.05) is 0 Å². The van der Waals surface area contributed by atoms with Gasteiger partial charge in [-0.2, -0.15) is 5.10 Å². The summed E-state index contributed by atoms with van der Waals surface area (Å²) in [4.78, 5) is 22.1. The Labute approximate surface area is 109 Å². The third-order valence-corrected chi connectivity index (χ3v) is 2.55. The van der Waals surface area contributed by atoms with Crippen LogP contribution in [0, 0.1) is 0 Å². The summed E-state index contributed by atoms with van der Waals surface area (Å²) in [5.74, 6) is -1.53. The summed E-state index contributed by atoms with van der Waals surface area (Å²) in [5, 5.41) is 15.6. The summed E-state index contributed by atoms with van der Waals surface area (Å²) in [6.07, 6.45) is 3.02. The monoisotopic (exact) mass is 259 g/mol. The van der Waals surface area contributed by atoms with Crippen LogP contribution in [0.5, 0.6) is 0 Å². The molecule has 1 amide bonds. The third kappa shape index (κ3) is 2.98. The summed E-state index contributed by atoms with van der Waals surface area (Å²) < 4.78 is 1.56. The molecule has 1 aromatic heterocycles. The van der Waals surface area contributed by atoms with Crippen molar-refractivity contribution in [1.29, 1.82) is 0 Å². The minimum absolute atomic E-state index is 0.403. The summed E-state index contributed by atoms with van der Waals surface area (Å²) >= 11 is 0. The van der Waals surface area contributed by atoms with E-state index in [1.165, 1.54) is 13.1 Å². The summed E-state index contributed by atoms with van der Waals surface area (Å²) in [6, 6.07) is 8.22. The van der Waals surface area contributed by atoms with Crippen molar-refractivity contribution in [3.63, 3.8) is 0 Å². The van der Waals surface area contributed by atoms with Crippen LogP contribution in [0.1, 0.15) is 18.5 Å². The number of carbonyl (C=O) groups is 2. The molecule has 0 fully saturated rings. The number of hydrogen-bond donors (Lipinski definition) is 2. The maximum atomic E-state index is 11.1. The molecule has 6 heteroatoms. The van der Waals surface area contributed by atoms with Crippen LogP contribution in [0.15, 0.2) is 42.7 Å². The number of rotatable bonds is 4. The number of nitrogens with zero attached hydrogens (tertiary/aromatic N) is 2. The largest absolute Gasteiger partial charge is 0.479 e. The lowest BCUT2D eigenvalue weighted by molar-refractivity contribution is -0.141. The Hall–Kier alpha value is -2.63. The number of para-hydroxylation sites is 1. The topological polar surface area (TPSA) is 84.2 Å². The minimum Gasteiger partial charge on any atom is -0.479 e. The first-order valence-electron chi connectivity index (χ1n) is 5.68. The van der Waals surface area contributed by atoms with E-state index < -0.39 is 17.9 Å². The zero-order valence-corrected chi connectivity index (χ0v) is 10.3. The van der Waals surface area contributed by atoms with Gasteiger partial charge in [-0.15, -0.1) is 0 Å². The van der Waals surface area contributed by atoms with Gasteiger partial charge in [0.25, 0.3) is 0 Å². The maximum Gasteiger partial charge on any atom is 0.331 e. The highest BCUT2D eigenvalue weighted by Gasteiger charge is 2.22. The maximum absolute atomic E-state index is 11.1. The van der Waals surface area contributed by atoms with Gasteiger partial charge in [0.15, 0.2) is 6.04 Å². The van der Waals surface area contributed by atoms with Gasteiger partial charge in [-0.3, -0.25) is 4.79 Å². The molecule has 98 valence electrons. The number of nitrogens with one attached hydrogen (secondary N) is 1. The van der Waals surface area contributed by atoms with Gasteiger partial charge in [-0.25, -0.2) is 9.48 Å². The minimum atomic E-state index is -1.12. The molecular formula is C13H13N3O3. The highest BCUT2D eigenvalue weighted by molar-refractivity contribution is 5.83. The van der Waals surface area contributed by atoms with E-state index in [0.717, 1.165) is 5.69 Å². The van der Waals surface area contributed by atoms with E-state index in [4.69, 9.17) is 5.11 Å². The molecule has 2 N–H and O–H groups in total. The van der Waals surface area contributed by atoms with Gasteiger partial charge in [0, 0.05) is 18.7 Å².